The molecule has 2 heterocycles. The highest BCUT2D eigenvalue weighted by atomic mass is 19.1. The fourth-order valence-electron chi connectivity index (χ4n) is 2.64. The normalized spacial score (nSPS) is 11.7. The van der Waals surface area contributed by atoms with Crippen LogP contribution in [0.25, 0.3) is 5.57 Å². The average Bonchev–Trinajstić information content (AvgIpc) is 3.09. The third kappa shape index (κ3) is 4.43. The van der Waals surface area contributed by atoms with Gasteiger partial charge in [0, 0.05) is 24.0 Å². The zero-order valence-electron chi connectivity index (χ0n) is 15.4. The van der Waals surface area contributed by atoms with E-state index < -0.39 is 17.7 Å². The van der Waals surface area contributed by atoms with Crippen LogP contribution in [0.4, 0.5) is 8.78 Å². The van der Waals surface area contributed by atoms with Gasteiger partial charge in [0.2, 0.25) is 0 Å². The highest BCUT2D eigenvalue weighted by Crippen LogP contribution is 2.22. The molecule has 1 aromatic carbocycles. The van der Waals surface area contributed by atoms with Crippen molar-refractivity contribution in [3.63, 3.8) is 0 Å². The quantitative estimate of drug-likeness (QED) is 0.577. The lowest BCUT2D eigenvalue weighted by molar-refractivity contribution is 0.301. The standard InChI is InChI=1S/C21H20F2N4O/c1-4-20(18-6-5-15(22)11-19(18)23)26-27-12-16(25-21(27)14(2)3)13-28-17-7-9-24-10-8-17/h4-12,20,26H,1-2,13H2,3H3. The number of benzene rings is 1. The lowest BCUT2D eigenvalue weighted by Gasteiger charge is -2.19. The van der Waals surface area contributed by atoms with Crippen LogP contribution < -0.4 is 10.2 Å². The number of hydrogen-bond acceptors (Lipinski definition) is 4. The molecule has 5 nitrogen and oxygen atoms in total. The van der Waals surface area contributed by atoms with Crippen molar-refractivity contribution in [1.29, 1.82) is 0 Å². The molecule has 1 N–H and O–H groups in total. The smallest absolute Gasteiger partial charge is 0.153 e. The van der Waals surface area contributed by atoms with Crippen molar-refractivity contribution in [2.45, 2.75) is 19.6 Å². The predicted octanol–water partition coefficient (Wildman–Crippen LogP) is 4.64. The lowest BCUT2D eigenvalue weighted by atomic mass is 10.1. The van der Waals surface area contributed by atoms with E-state index in [1.165, 1.54) is 18.2 Å². The summed E-state index contributed by atoms with van der Waals surface area (Å²) in [5.74, 6) is -0.0464. The summed E-state index contributed by atoms with van der Waals surface area (Å²) in [6, 6.07) is 6.34. The van der Waals surface area contributed by atoms with Crippen LogP contribution in [0.1, 0.15) is 30.0 Å². The van der Waals surface area contributed by atoms with Gasteiger partial charge in [0.1, 0.15) is 24.0 Å². The maximum absolute atomic E-state index is 14.2. The zero-order valence-corrected chi connectivity index (χ0v) is 15.4. The lowest BCUT2D eigenvalue weighted by Crippen LogP contribution is -2.21. The van der Waals surface area contributed by atoms with Crippen molar-refractivity contribution in [2.24, 2.45) is 0 Å². The third-order valence-corrected chi connectivity index (χ3v) is 3.99. The van der Waals surface area contributed by atoms with Crippen molar-refractivity contribution < 1.29 is 13.5 Å². The number of nitrogens with one attached hydrogen (secondary N) is 1. The molecule has 144 valence electrons. The largest absolute Gasteiger partial charge is 0.487 e. The molecule has 0 saturated carbocycles. The Hall–Kier alpha value is -3.48. The van der Waals surface area contributed by atoms with Crippen LogP contribution in [0, 0.1) is 11.6 Å². The first-order chi connectivity index (χ1) is 13.5. The molecular formula is C21H20F2N4O. The topological polar surface area (TPSA) is 52.0 Å². The molecule has 7 heteroatoms. The molecule has 0 saturated heterocycles. The second kappa shape index (κ2) is 8.47. The SMILES string of the molecule is C=CC(Nn1cc(COc2ccncc2)nc1C(=C)C)c1ccc(F)cc1F. The van der Waals surface area contributed by atoms with Crippen LogP contribution in [0.5, 0.6) is 5.75 Å². The van der Waals surface area contributed by atoms with Gasteiger partial charge in [-0.3, -0.25) is 4.98 Å². The first-order valence-electron chi connectivity index (χ1n) is 8.59. The Morgan fingerprint density at radius 1 is 1.29 bits per heavy atom. The van der Waals surface area contributed by atoms with Gasteiger partial charge >= 0.3 is 0 Å². The van der Waals surface area contributed by atoms with Crippen molar-refractivity contribution in [3.05, 3.63) is 96.9 Å². The second-order valence-electron chi connectivity index (χ2n) is 6.19. The number of ether oxygens (including phenoxy) is 1. The number of nitrogens with zero attached hydrogens (tertiary/aromatic N) is 3. The van der Waals surface area contributed by atoms with Gasteiger partial charge in [0.25, 0.3) is 0 Å². The fraction of sp³-hybridized carbons (Fsp3) is 0.143. The van der Waals surface area contributed by atoms with E-state index >= 15 is 0 Å². The summed E-state index contributed by atoms with van der Waals surface area (Å²) >= 11 is 0. The summed E-state index contributed by atoms with van der Waals surface area (Å²) in [5, 5.41) is 0. The van der Waals surface area contributed by atoms with Gasteiger partial charge in [0.15, 0.2) is 5.82 Å². The minimum atomic E-state index is -0.657. The van der Waals surface area contributed by atoms with Gasteiger partial charge in [-0.25, -0.2) is 18.4 Å². The highest BCUT2D eigenvalue weighted by molar-refractivity contribution is 5.55. The Morgan fingerprint density at radius 2 is 2.04 bits per heavy atom. The van der Waals surface area contributed by atoms with E-state index in [1.54, 1.807) is 35.4 Å². The molecule has 0 aliphatic carbocycles. The number of allylic oxidation sites excluding steroid dienone is 1. The maximum Gasteiger partial charge on any atom is 0.153 e. The summed E-state index contributed by atoms with van der Waals surface area (Å²) in [4.78, 5) is 8.45. The molecule has 1 atom stereocenters. The molecule has 0 spiro atoms. The molecule has 3 rings (SSSR count). The molecule has 0 aliphatic rings. The first-order valence-corrected chi connectivity index (χ1v) is 8.59. The number of aromatic nitrogens is 3. The summed E-state index contributed by atoms with van der Waals surface area (Å²) < 4.78 is 34.7. The van der Waals surface area contributed by atoms with Crippen molar-refractivity contribution in [1.82, 2.24) is 14.6 Å². The molecule has 1 unspecified atom stereocenters. The van der Waals surface area contributed by atoms with Gasteiger partial charge in [0.05, 0.1) is 17.9 Å². The van der Waals surface area contributed by atoms with Gasteiger partial charge in [-0.15, -0.1) is 6.58 Å². The van der Waals surface area contributed by atoms with Crippen molar-refractivity contribution in [2.75, 3.05) is 5.43 Å². The molecule has 0 aliphatic heterocycles. The molecule has 0 fully saturated rings. The average molecular weight is 382 g/mol. The van der Waals surface area contributed by atoms with E-state index in [4.69, 9.17) is 4.74 Å². The van der Waals surface area contributed by atoms with E-state index in [-0.39, 0.29) is 12.2 Å². The summed E-state index contributed by atoms with van der Waals surface area (Å²) in [6.07, 6.45) is 6.55. The van der Waals surface area contributed by atoms with E-state index in [0.29, 0.717) is 22.8 Å². The Morgan fingerprint density at radius 3 is 2.68 bits per heavy atom. The number of hydrogen-bond donors (Lipinski definition) is 1. The number of halogens is 2. The molecule has 0 radical (unpaired) electrons. The molecule has 0 amide bonds. The molecule has 28 heavy (non-hydrogen) atoms. The van der Waals surface area contributed by atoms with E-state index in [0.717, 1.165) is 6.07 Å². The summed E-state index contributed by atoms with van der Waals surface area (Å²) in [7, 11) is 0. The van der Waals surface area contributed by atoms with Crippen molar-refractivity contribution >= 4 is 5.57 Å². The number of imidazole rings is 1. The second-order valence-corrected chi connectivity index (χ2v) is 6.19. The molecular weight excluding hydrogens is 362 g/mol. The Bertz CT molecular complexity index is 985. The number of pyridine rings is 1. The van der Waals surface area contributed by atoms with Crippen LogP contribution in [0.2, 0.25) is 0 Å². The van der Waals surface area contributed by atoms with E-state index in [2.05, 4.69) is 28.6 Å². The van der Waals surface area contributed by atoms with Crippen molar-refractivity contribution in [3.8, 4) is 5.75 Å². The molecule has 0 bridgehead atoms. The van der Waals surface area contributed by atoms with E-state index in [9.17, 15) is 8.78 Å². The fourth-order valence-corrected chi connectivity index (χ4v) is 2.64. The van der Waals surface area contributed by atoms with Crippen LogP contribution in [0.15, 0.2) is 68.2 Å². The first kappa shape index (κ1) is 19.3. The van der Waals surface area contributed by atoms with Crippen LogP contribution in [-0.2, 0) is 6.61 Å². The van der Waals surface area contributed by atoms with Gasteiger partial charge in [-0.1, -0.05) is 18.7 Å². The van der Waals surface area contributed by atoms with Gasteiger partial charge < -0.3 is 10.2 Å². The molecule has 3 aromatic rings. The minimum absolute atomic E-state index is 0.239. The Labute approximate surface area is 162 Å². The minimum Gasteiger partial charge on any atom is -0.487 e. The zero-order chi connectivity index (χ0) is 20.1. The summed E-state index contributed by atoms with van der Waals surface area (Å²) in [5.41, 5.74) is 4.76. The Kier molecular flexibility index (Phi) is 5.84. The van der Waals surface area contributed by atoms with Crippen LogP contribution in [-0.4, -0.2) is 14.6 Å². The van der Waals surface area contributed by atoms with Crippen LogP contribution in [0.3, 0.4) is 0 Å². The van der Waals surface area contributed by atoms with Gasteiger partial charge in [-0.05, 0) is 30.7 Å². The number of rotatable bonds is 8. The van der Waals surface area contributed by atoms with Crippen LogP contribution >= 0.6 is 0 Å². The molecule has 2 aromatic heterocycles. The highest BCUT2D eigenvalue weighted by Gasteiger charge is 2.16. The predicted molar refractivity (Wildman–Crippen MR) is 104 cm³/mol. The third-order valence-electron chi connectivity index (χ3n) is 3.99. The van der Waals surface area contributed by atoms with Gasteiger partial charge in [-0.2, -0.15) is 0 Å². The van der Waals surface area contributed by atoms with E-state index in [1.807, 2.05) is 6.92 Å². The summed E-state index contributed by atoms with van der Waals surface area (Å²) in [6.45, 7) is 9.73. The monoisotopic (exact) mass is 382 g/mol. The maximum atomic E-state index is 14.2. The Balaban J connectivity index is 1.82.